The van der Waals surface area contributed by atoms with Gasteiger partial charge in [-0.25, -0.2) is 9.37 Å². The molecule has 20 heavy (non-hydrogen) atoms. The number of benzene rings is 1. The number of nitrogens with zero attached hydrogens (tertiary/aromatic N) is 3. The summed E-state index contributed by atoms with van der Waals surface area (Å²) in [6.07, 6.45) is 1.11. The third-order valence-corrected chi connectivity index (χ3v) is 2.90. The molecule has 0 fully saturated rings. The minimum atomic E-state index is -0.411. The van der Waals surface area contributed by atoms with E-state index in [9.17, 15) is 4.39 Å². The summed E-state index contributed by atoms with van der Waals surface area (Å²) < 4.78 is 18.0. The second-order valence-electron chi connectivity index (χ2n) is 4.36. The lowest BCUT2D eigenvalue weighted by atomic mass is 10.1. The Balaban J connectivity index is 1.97. The first kappa shape index (κ1) is 12.3. The minimum absolute atomic E-state index is 0.314. The van der Waals surface area contributed by atoms with Crippen LogP contribution >= 0.6 is 0 Å². The highest BCUT2D eigenvalue weighted by molar-refractivity contribution is 5.62. The first-order chi connectivity index (χ1) is 9.63. The van der Waals surface area contributed by atoms with Crippen LogP contribution in [0.25, 0.3) is 23.0 Å². The fraction of sp³-hybridized carbons (Fsp3) is 0.0714. The number of nitrogens with two attached hydrogens (primary N) is 1. The number of aryl methyl sites for hydroxylation is 1. The maximum absolute atomic E-state index is 12.8. The summed E-state index contributed by atoms with van der Waals surface area (Å²) in [6, 6.07) is 8.25. The molecule has 2 heterocycles. The van der Waals surface area contributed by atoms with Gasteiger partial charge in [0, 0.05) is 11.3 Å². The van der Waals surface area contributed by atoms with Gasteiger partial charge in [0.1, 0.15) is 11.5 Å². The van der Waals surface area contributed by atoms with E-state index in [0.29, 0.717) is 23.1 Å². The van der Waals surface area contributed by atoms with E-state index >= 15 is 0 Å². The summed E-state index contributed by atoms with van der Waals surface area (Å²) in [4.78, 5) is 8.15. The molecular formula is C14H11FN4O. The molecule has 0 saturated heterocycles. The average molecular weight is 270 g/mol. The molecule has 1 aromatic carbocycles. The largest absolute Gasteiger partial charge is 0.399 e. The fourth-order valence-corrected chi connectivity index (χ4v) is 1.76. The molecule has 3 rings (SSSR count). The summed E-state index contributed by atoms with van der Waals surface area (Å²) in [7, 11) is 0. The van der Waals surface area contributed by atoms with Crippen LogP contribution in [0.2, 0.25) is 0 Å². The molecule has 2 N–H and O–H groups in total. The second kappa shape index (κ2) is 4.73. The van der Waals surface area contributed by atoms with Crippen LogP contribution in [0.1, 0.15) is 5.56 Å². The van der Waals surface area contributed by atoms with Gasteiger partial charge in [0.15, 0.2) is 0 Å². The fourth-order valence-electron chi connectivity index (χ4n) is 1.76. The molecule has 0 amide bonds. The third-order valence-electron chi connectivity index (χ3n) is 2.90. The Hall–Kier alpha value is -2.76. The lowest BCUT2D eigenvalue weighted by Crippen LogP contribution is -1.90. The van der Waals surface area contributed by atoms with Crippen molar-refractivity contribution in [2.24, 2.45) is 0 Å². The predicted octanol–water partition coefficient (Wildman–Crippen LogP) is 2.83. The highest BCUT2D eigenvalue weighted by Crippen LogP contribution is 2.24. The first-order valence-corrected chi connectivity index (χ1v) is 5.95. The predicted molar refractivity (Wildman–Crippen MR) is 72.1 cm³/mol. The number of hydrogen-bond donors (Lipinski definition) is 1. The van der Waals surface area contributed by atoms with Gasteiger partial charge in [-0.05, 0) is 42.8 Å². The van der Waals surface area contributed by atoms with Crippen LogP contribution in [0.4, 0.5) is 10.1 Å². The lowest BCUT2D eigenvalue weighted by Gasteiger charge is -2.00. The molecule has 0 spiro atoms. The van der Waals surface area contributed by atoms with Crippen LogP contribution in [-0.2, 0) is 0 Å². The minimum Gasteiger partial charge on any atom is -0.399 e. The average Bonchev–Trinajstić information content (AvgIpc) is 2.92. The smallest absolute Gasteiger partial charge is 0.258 e. The molecule has 0 aliphatic rings. The molecule has 0 saturated carbocycles. The SMILES string of the molecule is Cc1cc(-c2nc(-c3ccc(F)cn3)no2)ccc1N. The normalized spacial score (nSPS) is 10.7. The van der Waals surface area contributed by atoms with E-state index in [-0.39, 0.29) is 0 Å². The Bertz CT molecular complexity index is 752. The van der Waals surface area contributed by atoms with Crippen molar-refractivity contribution < 1.29 is 8.91 Å². The van der Waals surface area contributed by atoms with Crippen LogP contribution in [0, 0.1) is 12.7 Å². The number of nitrogen functional groups attached to an aromatic ring is 1. The molecule has 6 heteroatoms. The number of rotatable bonds is 2. The summed E-state index contributed by atoms with van der Waals surface area (Å²) in [5.41, 5.74) is 8.63. The van der Waals surface area contributed by atoms with Crippen molar-refractivity contribution in [1.29, 1.82) is 0 Å². The molecule has 3 aromatic rings. The number of pyridine rings is 1. The number of aromatic nitrogens is 3. The number of anilines is 1. The molecule has 2 aromatic heterocycles. The van der Waals surface area contributed by atoms with Crippen LogP contribution in [0.5, 0.6) is 0 Å². The van der Waals surface area contributed by atoms with Crippen molar-refractivity contribution in [3.8, 4) is 23.0 Å². The van der Waals surface area contributed by atoms with Gasteiger partial charge in [-0.2, -0.15) is 4.98 Å². The Labute approximate surface area is 114 Å². The molecule has 0 unspecified atom stereocenters. The van der Waals surface area contributed by atoms with Crippen molar-refractivity contribution in [3.63, 3.8) is 0 Å². The molecule has 0 atom stereocenters. The molecule has 0 bridgehead atoms. The number of halogens is 1. The second-order valence-corrected chi connectivity index (χ2v) is 4.36. The van der Waals surface area contributed by atoms with Crippen molar-refractivity contribution in [2.75, 3.05) is 5.73 Å². The standard InChI is InChI=1S/C14H11FN4O/c1-8-6-9(2-4-11(8)16)14-18-13(19-20-14)12-5-3-10(15)7-17-12/h2-7H,16H2,1H3. The highest BCUT2D eigenvalue weighted by Gasteiger charge is 2.12. The van der Waals surface area contributed by atoms with Crippen LogP contribution in [0.3, 0.4) is 0 Å². The summed E-state index contributed by atoms with van der Waals surface area (Å²) >= 11 is 0. The summed E-state index contributed by atoms with van der Waals surface area (Å²) in [6.45, 7) is 1.90. The number of hydrogen-bond acceptors (Lipinski definition) is 5. The molecular weight excluding hydrogens is 259 g/mol. The Kier molecular flexibility index (Phi) is 2.90. The van der Waals surface area contributed by atoms with Crippen molar-refractivity contribution in [3.05, 3.63) is 47.9 Å². The summed E-state index contributed by atoms with van der Waals surface area (Å²) in [5.74, 6) is 0.273. The van der Waals surface area contributed by atoms with Gasteiger partial charge in [-0.3, -0.25) is 0 Å². The van der Waals surface area contributed by atoms with E-state index in [1.54, 1.807) is 12.1 Å². The Morgan fingerprint density at radius 1 is 1.20 bits per heavy atom. The zero-order valence-electron chi connectivity index (χ0n) is 10.7. The van der Waals surface area contributed by atoms with E-state index < -0.39 is 5.82 Å². The quantitative estimate of drug-likeness (QED) is 0.724. The van der Waals surface area contributed by atoms with Crippen LogP contribution in [-0.4, -0.2) is 15.1 Å². The molecule has 0 radical (unpaired) electrons. The van der Waals surface area contributed by atoms with Gasteiger partial charge in [-0.15, -0.1) is 0 Å². The lowest BCUT2D eigenvalue weighted by molar-refractivity contribution is 0.432. The zero-order valence-corrected chi connectivity index (χ0v) is 10.7. The van der Waals surface area contributed by atoms with Gasteiger partial charge in [0.05, 0.1) is 6.20 Å². The van der Waals surface area contributed by atoms with Crippen LogP contribution in [0.15, 0.2) is 41.1 Å². The monoisotopic (exact) mass is 270 g/mol. The van der Waals surface area contributed by atoms with E-state index in [1.165, 1.54) is 12.1 Å². The highest BCUT2D eigenvalue weighted by atomic mass is 19.1. The van der Waals surface area contributed by atoms with E-state index in [2.05, 4.69) is 15.1 Å². The van der Waals surface area contributed by atoms with Gasteiger partial charge >= 0.3 is 0 Å². The summed E-state index contributed by atoms with van der Waals surface area (Å²) in [5, 5.41) is 3.84. The first-order valence-electron chi connectivity index (χ1n) is 5.95. The Morgan fingerprint density at radius 2 is 2.05 bits per heavy atom. The van der Waals surface area contributed by atoms with E-state index in [4.69, 9.17) is 10.3 Å². The maximum Gasteiger partial charge on any atom is 0.258 e. The zero-order chi connectivity index (χ0) is 14.1. The van der Waals surface area contributed by atoms with Gasteiger partial charge in [0.25, 0.3) is 5.89 Å². The van der Waals surface area contributed by atoms with Gasteiger partial charge in [-0.1, -0.05) is 5.16 Å². The van der Waals surface area contributed by atoms with Gasteiger partial charge in [0.2, 0.25) is 5.82 Å². The van der Waals surface area contributed by atoms with E-state index in [1.807, 2.05) is 13.0 Å². The molecule has 0 aliphatic carbocycles. The molecule has 100 valence electrons. The van der Waals surface area contributed by atoms with Gasteiger partial charge < -0.3 is 10.3 Å². The van der Waals surface area contributed by atoms with Crippen molar-refractivity contribution in [2.45, 2.75) is 6.92 Å². The van der Waals surface area contributed by atoms with E-state index in [0.717, 1.165) is 17.3 Å². The van der Waals surface area contributed by atoms with Crippen molar-refractivity contribution >= 4 is 5.69 Å². The Morgan fingerprint density at radius 3 is 2.75 bits per heavy atom. The molecule has 5 nitrogen and oxygen atoms in total. The molecule has 0 aliphatic heterocycles. The topological polar surface area (TPSA) is 77.8 Å². The maximum atomic E-state index is 12.8. The van der Waals surface area contributed by atoms with Crippen molar-refractivity contribution in [1.82, 2.24) is 15.1 Å². The third kappa shape index (κ3) is 2.23. The van der Waals surface area contributed by atoms with Crippen LogP contribution < -0.4 is 5.73 Å².